The first kappa shape index (κ1) is 21.4. The van der Waals surface area contributed by atoms with Crippen LogP contribution in [0.2, 0.25) is 0 Å². The highest BCUT2D eigenvalue weighted by atomic mass is 32.2. The van der Waals surface area contributed by atoms with Crippen molar-refractivity contribution in [2.24, 2.45) is 0 Å². The molecule has 2 aromatic rings. The van der Waals surface area contributed by atoms with Crippen molar-refractivity contribution in [1.29, 1.82) is 0 Å². The fraction of sp³-hybridized carbons (Fsp3) is 0.125. The summed E-state index contributed by atoms with van der Waals surface area (Å²) in [6, 6.07) is 7.85. The van der Waals surface area contributed by atoms with Crippen molar-refractivity contribution in [1.82, 2.24) is 0 Å². The number of carbonyl (C=O) groups is 2. The summed E-state index contributed by atoms with van der Waals surface area (Å²) in [4.78, 5) is 42.1. The van der Waals surface area contributed by atoms with Gasteiger partial charge in [-0.05, 0) is 30.3 Å². The highest BCUT2D eigenvalue weighted by Crippen LogP contribution is 2.29. The van der Waals surface area contributed by atoms with E-state index in [1.807, 2.05) is 0 Å². The molecule has 0 aromatic heterocycles. The van der Waals surface area contributed by atoms with Crippen LogP contribution in [0.4, 0.5) is 22.7 Å². The normalized spacial score (nSPS) is 10.8. The molecule has 0 aliphatic heterocycles. The minimum atomic E-state index is -4.46. The number of hydrogen-bond donors (Lipinski definition) is 2. The lowest BCUT2D eigenvalue weighted by Crippen LogP contribution is -2.23. The Labute approximate surface area is 163 Å². The van der Waals surface area contributed by atoms with Gasteiger partial charge in [0.15, 0.2) is 9.84 Å². The van der Waals surface area contributed by atoms with Crippen LogP contribution in [0.1, 0.15) is 6.92 Å². The van der Waals surface area contributed by atoms with Crippen LogP contribution in [-0.2, 0) is 19.4 Å². The van der Waals surface area contributed by atoms with Crippen LogP contribution in [0.15, 0.2) is 47.4 Å². The molecular weight excluding hydrogens is 408 g/mol. The summed E-state index contributed by atoms with van der Waals surface area (Å²) in [5.41, 5.74) is -0.951. The van der Waals surface area contributed by atoms with Gasteiger partial charge in [0.2, 0.25) is 11.8 Å². The van der Waals surface area contributed by atoms with Gasteiger partial charge in [0.05, 0.1) is 15.9 Å². The number of nitrogens with zero attached hydrogens (tertiary/aromatic N) is 2. The van der Waals surface area contributed by atoms with E-state index < -0.39 is 47.6 Å². The van der Waals surface area contributed by atoms with E-state index in [-0.39, 0.29) is 11.6 Å². The van der Waals surface area contributed by atoms with Crippen LogP contribution >= 0.6 is 0 Å². The van der Waals surface area contributed by atoms with Crippen molar-refractivity contribution in [2.45, 2.75) is 11.8 Å². The Balaban J connectivity index is 2.20. The third kappa shape index (κ3) is 5.55. The summed E-state index contributed by atoms with van der Waals surface area (Å²) < 4.78 is 24.9. The second-order valence-electron chi connectivity index (χ2n) is 5.73. The van der Waals surface area contributed by atoms with Crippen molar-refractivity contribution >= 4 is 44.4 Å². The maximum atomic E-state index is 12.4. The summed E-state index contributed by atoms with van der Waals surface area (Å²) in [5, 5.41) is 26.7. The highest BCUT2D eigenvalue weighted by Gasteiger charge is 2.30. The topological polar surface area (TPSA) is 179 Å². The lowest BCUT2D eigenvalue weighted by Gasteiger charge is -2.08. The molecule has 0 aliphatic rings. The minimum absolute atomic E-state index is 0.234. The molecule has 0 saturated carbocycles. The molecule has 2 N–H and O–H groups in total. The minimum Gasteiger partial charge on any atom is -0.326 e. The molecule has 0 spiro atoms. The second kappa shape index (κ2) is 8.43. The van der Waals surface area contributed by atoms with Crippen molar-refractivity contribution in [3.8, 4) is 0 Å². The molecule has 0 bridgehead atoms. The van der Waals surface area contributed by atoms with Crippen LogP contribution in [0.5, 0.6) is 0 Å². The standard InChI is InChI=1S/C16H14N4O8S/c1-10(21)17-11-2-4-12(5-3-11)18-16(22)9-29(27,28)15-7-6-13(19(23)24)8-14(15)20(25)26/h2-8H,9H2,1H3,(H,17,21)(H,18,22). The van der Waals surface area contributed by atoms with Crippen LogP contribution in [0.3, 0.4) is 0 Å². The van der Waals surface area contributed by atoms with Crippen molar-refractivity contribution < 1.29 is 27.9 Å². The van der Waals surface area contributed by atoms with Crippen LogP contribution < -0.4 is 10.6 Å². The van der Waals surface area contributed by atoms with E-state index in [0.717, 1.165) is 12.1 Å². The highest BCUT2D eigenvalue weighted by molar-refractivity contribution is 7.92. The Bertz CT molecular complexity index is 1100. The Hall–Kier alpha value is -3.87. The number of benzene rings is 2. The number of nitrogens with one attached hydrogen (secondary N) is 2. The van der Waals surface area contributed by atoms with Crippen LogP contribution in [0, 0.1) is 20.2 Å². The third-order valence-electron chi connectivity index (χ3n) is 3.50. The van der Waals surface area contributed by atoms with E-state index in [1.165, 1.54) is 31.2 Å². The smallest absolute Gasteiger partial charge is 0.294 e. The fourth-order valence-electron chi connectivity index (χ4n) is 2.31. The van der Waals surface area contributed by atoms with Gasteiger partial charge in [-0.2, -0.15) is 0 Å². The van der Waals surface area contributed by atoms with Gasteiger partial charge in [0.25, 0.3) is 11.4 Å². The number of nitro benzene ring substituents is 2. The molecule has 13 heteroatoms. The molecule has 0 unspecified atom stereocenters. The summed E-state index contributed by atoms with van der Waals surface area (Å²) in [6.45, 7) is 1.32. The maximum absolute atomic E-state index is 12.4. The summed E-state index contributed by atoms with van der Waals surface area (Å²) in [6.07, 6.45) is 0. The van der Waals surface area contributed by atoms with Gasteiger partial charge in [-0.25, -0.2) is 8.42 Å². The van der Waals surface area contributed by atoms with E-state index in [9.17, 15) is 38.2 Å². The summed E-state index contributed by atoms with van der Waals surface area (Å²) in [5.74, 6) is -2.37. The Morgan fingerprint density at radius 1 is 0.931 bits per heavy atom. The summed E-state index contributed by atoms with van der Waals surface area (Å²) in [7, 11) is -4.46. The average Bonchev–Trinajstić information content (AvgIpc) is 2.61. The first-order chi connectivity index (χ1) is 13.5. The fourth-order valence-corrected chi connectivity index (χ4v) is 3.61. The SMILES string of the molecule is CC(=O)Nc1ccc(NC(=O)CS(=O)(=O)c2ccc([N+](=O)[O-])cc2[N+](=O)[O-])cc1. The molecule has 29 heavy (non-hydrogen) atoms. The van der Waals surface area contributed by atoms with Gasteiger partial charge in [0.1, 0.15) is 10.6 Å². The number of carbonyl (C=O) groups excluding carboxylic acids is 2. The molecule has 12 nitrogen and oxygen atoms in total. The van der Waals surface area contributed by atoms with E-state index in [4.69, 9.17) is 0 Å². The van der Waals surface area contributed by atoms with Gasteiger partial charge < -0.3 is 10.6 Å². The van der Waals surface area contributed by atoms with Gasteiger partial charge in [-0.1, -0.05) is 0 Å². The molecular formula is C16H14N4O8S. The number of rotatable bonds is 7. The molecule has 2 rings (SSSR count). The number of amides is 2. The molecule has 0 aliphatic carbocycles. The lowest BCUT2D eigenvalue weighted by molar-refractivity contribution is -0.396. The molecule has 0 saturated heterocycles. The number of anilines is 2. The molecule has 0 atom stereocenters. The number of nitro groups is 2. The van der Waals surface area contributed by atoms with Gasteiger partial charge in [-0.3, -0.25) is 29.8 Å². The van der Waals surface area contributed by atoms with Crippen molar-refractivity contribution in [2.75, 3.05) is 16.4 Å². The first-order valence-corrected chi connectivity index (χ1v) is 9.48. The third-order valence-corrected chi connectivity index (χ3v) is 5.15. The van der Waals surface area contributed by atoms with Crippen LogP contribution in [0.25, 0.3) is 0 Å². The zero-order chi connectivity index (χ0) is 21.8. The van der Waals surface area contributed by atoms with Gasteiger partial charge in [-0.15, -0.1) is 0 Å². The zero-order valence-corrected chi connectivity index (χ0v) is 15.6. The molecule has 2 amide bonds. The van der Waals surface area contributed by atoms with E-state index in [1.54, 1.807) is 0 Å². The first-order valence-electron chi connectivity index (χ1n) is 7.82. The molecule has 0 radical (unpaired) electrons. The lowest BCUT2D eigenvalue weighted by atomic mass is 10.3. The molecule has 0 fully saturated rings. The zero-order valence-electron chi connectivity index (χ0n) is 14.8. The second-order valence-corrected chi connectivity index (χ2v) is 7.69. The predicted octanol–water partition coefficient (Wildman–Crippen LogP) is 1.87. The van der Waals surface area contributed by atoms with Crippen LogP contribution in [-0.4, -0.2) is 35.8 Å². The molecule has 152 valence electrons. The van der Waals surface area contributed by atoms with E-state index >= 15 is 0 Å². The van der Waals surface area contributed by atoms with Gasteiger partial charge in [0, 0.05) is 24.4 Å². The van der Waals surface area contributed by atoms with E-state index in [0.29, 0.717) is 11.8 Å². The Morgan fingerprint density at radius 2 is 1.48 bits per heavy atom. The Morgan fingerprint density at radius 3 is 1.97 bits per heavy atom. The predicted molar refractivity (Wildman–Crippen MR) is 101 cm³/mol. The number of sulfone groups is 1. The van der Waals surface area contributed by atoms with Crippen molar-refractivity contribution in [3.05, 3.63) is 62.7 Å². The monoisotopic (exact) mass is 422 g/mol. The maximum Gasteiger partial charge on any atom is 0.294 e. The molecule has 0 heterocycles. The summed E-state index contributed by atoms with van der Waals surface area (Å²) >= 11 is 0. The van der Waals surface area contributed by atoms with Crippen molar-refractivity contribution in [3.63, 3.8) is 0 Å². The van der Waals surface area contributed by atoms with Gasteiger partial charge >= 0.3 is 0 Å². The van der Waals surface area contributed by atoms with E-state index in [2.05, 4.69) is 10.6 Å². The molecule has 2 aromatic carbocycles. The largest absolute Gasteiger partial charge is 0.326 e. The number of hydrogen-bond acceptors (Lipinski definition) is 8. The Kier molecular flexibility index (Phi) is 6.23. The quantitative estimate of drug-likeness (QED) is 0.501. The number of non-ortho nitro benzene ring substituents is 1. The average molecular weight is 422 g/mol.